The van der Waals surface area contributed by atoms with Crippen LogP contribution in [0.1, 0.15) is 167 Å². The molecule has 15 N–H and O–H groups in total. The number of carbonyl (C=O) groups excluding carboxylic acids is 3. The fourth-order valence-corrected chi connectivity index (χ4v) is 19.4. The second kappa shape index (κ2) is 33.9. The molecule has 0 radical (unpaired) electrons. The highest BCUT2D eigenvalue weighted by Gasteiger charge is 2.39. The molecule has 0 spiro atoms. The fraction of sp³-hybridized carbons (Fsp3) is 0.323. The molecule has 5 aromatic carbocycles. The van der Waals surface area contributed by atoms with Gasteiger partial charge in [-0.2, -0.15) is 28.5 Å². The summed E-state index contributed by atoms with van der Waals surface area (Å²) in [5.41, 5.74) is 45.1. The molecule has 4 aliphatic carbocycles. The number of rotatable bonds is 13. The number of nitrogens with one attached hydrogen (secondary N) is 4. The highest BCUT2D eigenvalue weighted by molar-refractivity contribution is 6.00. The van der Waals surface area contributed by atoms with Crippen LogP contribution < -0.4 is 28.7 Å². The van der Waals surface area contributed by atoms with Gasteiger partial charge < -0.3 is 68.2 Å². The van der Waals surface area contributed by atoms with Crippen LogP contribution in [0.15, 0.2) is 165 Å². The monoisotopic (exact) mass is 1730 g/mol. The molecule has 0 unspecified atom stereocenters. The molecule has 3 amide bonds. The summed E-state index contributed by atoms with van der Waals surface area (Å²) in [7, 11) is 5.01. The molecule has 4 saturated carbocycles. The predicted molar refractivity (Wildman–Crippen MR) is 480 cm³/mol. The van der Waals surface area contributed by atoms with Crippen LogP contribution in [0.25, 0.3) is 122 Å². The number of aliphatic carboxylic acids is 1. The molecule has 13 heterocycles. The molecule has 654 valence electrons. The zero-order chi connectivity index (χ0) is 88.5. The summed E-state index contributed by atoms with van der Waals surface area (Å²) < 4.78 is 52.6. The molecular weight excluding hydrogens is 1630 g/mol. The molecular formula is C93H95F3N26O6. The van der Waals surface area contributed by atoms with Crippen molar-refractivity contribution >= 4 is 113 Å². The van der Waals surface area contributed by atoms with Crippen LogP contribution in [0, 0.1) is 17.8 Å². The summed E-state index contributed by atoms with van der Waals surface area (Å²) in [6.45, 7) is 1.39. The Hall–Kier alpha value is -14.8. The number of methoxy groups -OCH3 is 1. The third-order valence-corrected chi connectivity index (χ3v) is 26.1. The first kappa shape index (κ1) is 82.8. The number of carboxylic acids is 1. The number of nitrogens with zero attached hydrogens (tertiary/aromatic N) is 17. The number of esters is 1. The lowest BCUT2D eigenvalue weighted by atomic mass is 9.81. The van der Waals surface area contributed by atoms with E-state index in [1.165, 1.54) is 61.5 Å². The summed E-state index contributed by atoms with van der Waals surface area (Å²) in [6.07, 6.45) is 16.4. The number of carbonyl (C=O) groups is 4. The van der Waals surface area contributed by atoms with Crippen molar-refractivity contribution in [1.29, 1.82) is 0 Å². The summed E-state index contributed by atoms with van der Waals surface area (Å²) in [5, 5.41) is 26.4. The number of amides is 3. The minimum Gasteiger partial charge on any atom is -0.481 e. The number of piperidine rings is 1. The number of hydrogen-bond donors (Lipinski definition) is 10. The van der Waals surface area contributed by atoms with Gasteiger partial charge in [0.15, 0.2) is 17.5 Å². The molecule has 128 heavy (non-hydrogen) atoms. The SMILES string of the molecule is CN(C)C(=O)N1CCC(c2nc(-c3cc4ccccc4[nH]3)c3c(N)ncnn23)CC1.COC(=O)C1CCC(c2nc(-c3cc4cccc(-c5ccccc5)c4[nH]3)c3c(N)ncnn23)CC1.NC(=O)C1CCC(c2nc(-c3cc4cccc(C(F)(F)F)c4[nH]3)c3c(N)ncnn23)CC1.Nc1nccn2c(C3CCC(C(=O)O)CC3)nc(-c3cc4cccc(C5CC5)c4[nH]3)c12. The van der Waals surface area contributed by atoms with E-state index in [9.17, 15) is 37.5 Å². The largest absolute Gasteiger partial charge is 0.481 e. The van der Waals surface area contributed by atoms with Gasteiger partial charge in [0, 0.05) is 107 Å². The summed E-state index contributed by atoms with van der Waals surface area (Å²) in [6, 6.07) is 43.2. The van der Waals surface area contributed by atoms with E-state index in [0.29, 0.717) is 114 Å². The molecule has 1 saturated heterocycles. The lowest BCUT2D eigenvalue weighted by molar-refractivity contribution is -0.146. The topological polar surface area (TPSA) is 457 Å². The van der Waals surface area contributed by atoms with Gasteiger partial charge in [-0.15, -0.1) is 0 Å². The lowest BCUT2D eigenvalue weighted by Gasteiger charge is -2.33. The molecule has 17 aromatic rings. The van der Waals surface area contributed by atoms with Crippen LogP contribution in [0.3, 0.4) is 0 Å². The van der Waals surface area contributed by atoms with Gasteiger partial charge in [-0.1, -0.05) is 97.1 Å². The second-order valence-electron chi connectivity index (χ2n) is 34.2. The predicted octanol–water partition coefficient (Wildman–Crippen LogP) is 16.0. The minimum atomic E-state index is -4.50. The van der Waals surface area contributed by atoms with E-state index in [0.717, 1.165) is 148 Å². The average molecular weight is 1730 g/mol. The minimum absolute atomic E-state index is 0.0104. The Balaban J connectivity index is 0.000000111. The van der Waals surface area contributed by atoms with Gasteiger partial charge in [-0.25, -0.2) is 58.2 Å². The third-order valence-electron chi connectivity index (χ3n) is 26.1. The molecule has 1 aliphatic heterocycles. The van der Waals surface area contributed by atoms with Crippen molar-refractivity contribution in [3.8, 4) is 56.7 Å². The first-order chi connectivity index (χ1) is 62.0. The number of urea groups is 1. The smallest absolute Gasteiger partial charge is 0.418 e. The van der Waals surface area contributed by atoms with Crippen molar-refractivity contribution < 1.29 is 42.2 Å². The molecule has 0 bridgehead atoms. The number of likely N-dealkylation sites (tertiary alicyclic amines) is 1. The number of para-hydroxylation sites is 4. The molecule has 5 aliphatic rings. The molecule has 35 heteroatoms. The number of ether oxygens (including phenoxy) is 1. The number of imidazole rings is 4. The van der Waals surface area contributed by atoms with E-state index in [-0.39, 0.29) is 70.7 Å². The summed E-state index contributed by atoms with van der Waals surface area (Å²) in [5.74, 6) is 4.39. The maximum Gasteiger partial charge on any atom is 0.418 e. The quantitative estimate of drug-likeness (QED) is 0.0479. The molecule has 22 rings (SSSR count). The van der Waals surface area contributed by atoms with Crippen molar-refractivity contribution in [2.24, 2.45) is 23.5 Å². The van der Waals surface area contributed by atoms with E-state index >= 15 is 0 Å². The Morgan fingerprint density at radius 3 is 1.41 bits per heavy atom. The van der Waals surface area contributed by atoms with Crippen molar-refractivity contribution in [1.82, 2.24) is 103 Å². The highest BCUT2D eigenvalue weighted by Crippen LogP contribution is 2.48. The van der Waals surface area contributed by atoms with Crippen molar-refractivity contribution in [2.45, 2.75) is 138 Å². The van der Waals surface area contributed by atoms with Crippen molar-refractivity contribution in [2.75, 3.05) is 57.2 Å². The van der Waals surface area contributed by atoms with E-state index in [1.54, 1.807) is 41.8 Å². The molecule has 12 aromatic heterocycles. The van der Waals surface area contributed by atoms with Crippen LogP contribution in [-0.2, 0) is 25.3 Å². The zero-order valence-corrected chi connectivity index (χ0v) is 70.5. The normalized spacial score (nSPS) is 18.7. The average Bonchev–Trinajstić information content (AvgIpc) is 1.61. The number of fused-ring (bicyclic) bond motifs is 8. The van der Waals surface area contributed by atoms with Crippen LogP contribution in [0.5, 0.6) is 0 Å². The van der Waals surface area contributed by atoms with Crippen molar-refractivity contribution in [3.63, 3.8) is 0 Å². The number of benzene rings is 5. The Labute approximate surface area is 729 Å². The first-order valence-electron chi connectivity index (χ1n) is 43.2. The number of carboxylic acid groups (broad SMARTS) is 1. The fourth-order valence-electron chi connectivity index (χ4n) is 19.4. The van der Waals surface area contributed by atoms with Crippen LogP contribution in [-0.4, -0.2) is 166 Å². The first-order valence-corrected chi connectivity index (χ1v) is 43.2. The number of aromatic nitrogens is 19. The van der Waals surface area contributed by atoms with E-state index < -0.39 is 17.7 Å². The van der Waals surface area contributed by atoms with Gasteiger partial charge in [0.05, 0.1) is 58.3 Å². The number of nitrogens with two attached hydrogens (primary N) is 5. The van der Waals surface area contributed by atoms with Gasteiger partial charge in [-0.05, 0) is 156 Å². The standard InChI is InChI=1S/C27H26N6O2.C24H25N5O2.C21H20F3N7O.C21H24N8O/c1-35-27(34)18-12-10-17(11-13-18)26-32-23(24-25(28)29-15-30-33(24)26)21-14-19-8-5-9-20(22(19)31-21)16-6-3-2-4-7-16;25-22-21-20(18-12-16-2-1-3-17(13-4-5-13)19(16)27-18)28-23(29(21)11-10-26-22)14-6-8-15(9-7-14)24(30)31;22-21(23,24)13-3-1-2-12-8-14(29-15(12)13)16-17-18(25)27-9-28-31(17)20(30-16)11-6-4-10(5-7-11)19(26)32;1-27(2)21(30)28-9-7-13(8-10-28)20-26-17(18-19(22)23-12-24-29(18)20)16-11-14-5-3-4-6-15(14)25-16/h2-9,14-15,17-18,31H,10-13H2,1H3,(H2,28,29,30);1-3,10-15,27H,4-9H2,(H2,25,26)(H,30,31);1-3,8-11,29H,4-7H2,(H2,26,32)(H2,25,27,28);3-6,11-13,25H,7-10H2,1-2H3,(H2,22,23,24). The van der Waals surface area contributed by atoms with Crippen LogP contribution in [0.4, 0.5) is 41.2 Å². The van der Waals surface area contributed by atoms with Gasteiger partial charge in [-0.3, -0.25) is 18.8 Å². The Morgan fingerprint density at radius 2 is 0.891 bits per heavy atom. The Morgan fingerprint density at radius 1 is 0.461 bits per heavy atom. The van der Waals surface area contributed by atoms with Gasteiger partial charge in [0.2, 0.25) is 5.91 Å². The Bertz CT molecular complexity index is 7050. The number of halogens is 3. The number of H-pyrrole nitrogens is 4. The van der Waals surface area contributed by atoms with E-state index in [4.69, 9.17) is 53.3 Å². The van der Waals surface area contributed by atoms with Gasteiger partial charge in [0.25, 0.3) is 0 Å². The lowest BCUT2D eigenvalue weighted by Crippen LogP contribution is -2.43. The second-order valence-corrected chi connectivity index (χ2v) is 34.2. The highest BCUT2D eigenvalue weighted by atomic mass is 19.4. The van der Waals surface area contributed by atoms with E-state index in [1.807, 2.05) is 56.5 Å². The summed E-state index contributed by atoms with van der Waals surface area (Å²) >= 11 is 0. The maximum atomic E-state index is 13.5. The van der Waals surface area contributed by atoms with Crippen LogP contribution >= 0.6 is 0 Å². The number of nitrogen functional groups attached to an aromatic ring is 4. The molecule has 32 nitrogen and oxygen atoms in total. The number of anilines is 4. The summed E-state index contributed by atoms with van der Waals surface area (Å²) in [4.78, 5) is 101. The third kappa shape index (κ3) is 15.7. The van der Waals surface area contributed by atoms with Gasteiger partial charge in [0.1, 0.15) is 92.9 Å². The van der Waals surface area contributed by atoms with Gasteiger partial charge >= 0.3 is 24.1 Å². The van der Waals surface area contributed by atoms with Crippen LogP contribution in [0.2, 0.25) is 0 Å². The number of hydrogen-bond acceptors (Lipinski definition) is 20. The number of aromatic amines is 4. The molecule has 5 fully saturated rings. The maximum absolute atomic E-state index is 13.5. The Kier molecular flexibility index (Phi) is 21.9. The van der Waals surface area contributed by atoms with Crippen molar-refractivity contribution in [3.05, 3.63) is 199 Å². The zero-order valence-electron chi connectivity index (χ0n) is 70.5. The number of primary amides is 1. The van der Waals surface area contributed by atoms with E-state index in [2.05, 4.69) is 132 Å². The molecule has 0 atom stereocenters. The number of alkyl halides is 3.